The second-order valence-corrected chi connectivity index (χ2v) is 7.93. The molecule has 31 heavy (non-hydrogen) atoms. The summed E-state index contributed by atoms with van der Waals surface area (Å²) in [6, 6.07) is 18.5. The quantitative estimate of drug-likeness (QED) is 0.361. The van der Waals surface area contributed by atoms with Crippen LogP contribution in [-0.4, -0.2) is 18.4 Å². The van der Waals surface area contributed by atoms with Gasteiger partial charge >= 0.3 is 5.97 Å². The van der Waals surface area contributed by atoms with Gasteiger partial charge in [0.2, 0.25) is 0 Å². The Bertz CT molecular complexity index is 1000. The highest BCUT2D eigenvalue weighted by Gasteiger charge is 2.18. The molecule has 1 N–H and O–H groups in total. The summed E-state index contributed by atoms with van der Waals surface area (Å²) in [5.74, 6) is 0.621. The van der Waals surface area contributed by atoms with Gasteiger partial charge in [-0.15, -0.1) is 0 Å². The molecule has 5 nitrogen and oxygen atoms in total. The van der Waals surface area contributed by atoms with Crippen molar-refractivity contribution in [1.29, 1.82) is 0 Å². The Hall–Kier alpha value is -3.34. The van der Waals surface area contributed by atoms with E-state index >= 15 is 0 Å². The molecular weight excluding hydrogens is 390 g/mol. The molecular formula is C26H27NO4. The maximum atomic E-state index is 12.6. The van der Waals surface area contributed by atoms with E-state index in [-0.39, 0.29) is 12.4 Å². The van der Waals surface area contributed by atoms with E-state index in [0.717, 1.165) is 5.76 Å². The molecule has 2 aromatic carbocycles. The zero-order valence-electron chi connectivity index (χ0n) is 17.5. The van der Waals surface area contributed by atoms with E-state index in [2.05, 4.69) is 5.32 Å². The number of benzene rings is 2. The molecule has 4 rings (SSSR count). The molecule has 1 aromatic heterocycles. The maximum Gasteiger partial charge on any atom is 0.340 e. The highest BCUT2D eigenvalue weighted by molar-refractivity contribution is 6.00. The van der Waals surface area contributed by atoms with Crippen molar-refractivity contribution in [2.45, 2.75) is 44.6 Å². The molecule has 0 saturated heterocycles. The zero-order valence-corrected chi connectivity index (χ0v) is 17.5. The zero-order chi connectivity index (χ0) is 21.5. The molecule has 3 aromatic rings. The van der Waals surface area contributed by atoms with Crippen LogP contribution >= 0.6 is 0 Å². The van der Waals surface area contributed by atoms with Crippen LogP contribution in [-0.2, 0) is 11.3 Å². The molecule has 1 fully saturated rings. The maximum absolute atomic E-state index is 12.6. The Morgan fingerprint density at radius 3 is 2.45 bits per heavy atom. The van der Waals surface area contributed by atoms with Crippen molar-refractivity contribution < 1.29 is 18.7 Å². The summed E-state index contributed by atoms with van der Waals surface area (Å²) in [5, 5.41) is 3.17. The van der Waals surface area contributed by atoms with Gasteiger partial charge in [-0.1, -0.05) is 55.7 Å². The van der Waals surface area contributed by atoms with E-state index in [9.17, 15) is 9.59 Å². The lowest BCUT2D eigenvalue weighted by Gasteiger charge is -2.22. The third kappa shape index (κ3) is 5.43. The van der Waals surface area contributed by atoms with Gasteiger partial charge in [0.15, 0.2) is 12.4 Å². The van der Waals surface area contributed by atoms with Gasteiger partial charge in [-0.3, -0.25) is 4.79 Å². The highest BCUT2D eigenvalue weighted by Crippen LogP contribution is 2.32. The lowest BCUT2D eigenvalue weighted by Crippen LogP contribution is -2.16. The van der Waals surface area contributed by atoms with Gasteiger partial charge in [0, 0.05) is 11.3 Å². The molecule has 5 heteroatoms. The normalized spacial score (nSPS) is 14.2. The fraction of sp³-hybridized carbons (Fsp3) is 0.308. The van der Waals surface area contributed by atoms with Crippen LogP contribution in [0, 0.1) is 0 Å². The van der Waals surface area contributed by atoms with Crippen LogP contribution in [0.3, 0.4) is 0 Å². The molecule has 0 aliphatic heterocycles. The van der Waals surface area contributed by atoms with Gasteiger partial charge in [0.1, 0.15) is 5.76 Å². The van der Waals surface area contributed by atoms with Gasteiger partial charge in [0.05, 0.1) is 18.4 Å². The standard InChI is InChI=1S/C26H27NO4/c28-25(21-14-12-20(13-15-21)19-7-2-1-3-8-19)18-31-26(29)23-10-4-5-11-24(23)27-17-22-9-6-16-30-22/h4-6,9-16,19,27H,1-3,7-8,17-18H2. The number of esters is 1. The van der Waals surface area contributed by atoms with Crippen molar-refractivity contribution in [3.8, 4) is 0 Å². The topological polar surface area (TPSA) is 68.5 Å². The number of ketones is 1. The number of rotatable bonds is 8. The van der Waals surface area contributed by atoms with Gasteiger partial charge in [-0.25, -0.2) is 4.79 Å². The largest absolute Gasteiger partial charge is 0.467 e. The minimum absolute atomic E-state index is 0.204. The Labute approximate surface area is 182 Å². The Morgan fingerprint density at radius 2 is 1.71 bits per heavy atom. The monoisotopic (exact) mass is 417 g/mol. The summed E-state index contributed by atoms with van der Waals surface area (Å²) in [4.78, 5) is 25.1. The number of carbonyl (C=O) groups excluding carboxylic acids is 2. The fourth-order valence-electron chi connectivity index (χ4n) is 4.08. The van der Waals surface area contributed by atoms with Gasteiger partial charge in [-0.05, 0) is 48.6 Å². The molecule has 160 valence electrons. The van der Waals surface area contributed by atoms with E-state index in [1.54, 1.807) is 24.5 Å². The molecule has 0 atom stereocenters. The Balaban J connectivity index is 1.33. The number of nitrogens with one attached hydrogen (secondary N) is 1. The summed E-state index contributed by atoms with van der Waals surface area (Å²) < 4.78 is 10.6. The number of furan rings is 1. The minimum atomic E-state index is -0.533. The first-order valence-corrected chi connectivity index (χ1v) is 10.9. The van der Waals surface area contributed by atoms with E-state index in [4.69, 9.17) is 9.15 Å². The smallest absolute Gasteiger partial charge is 0.340 e. The number of Topliss-reactive ketones (excluding diaryl/α,β-unsaturated/α-hetero) is 1. The first kappa shape index (κ1) is 20.9. The predicted molar refractivity (Wildman–Crippen MR) is 119 cm³/mol. The molecule has 0 amide bonds. The molecule has 0 spiro atoms. The summed E-state index contributed by atoms with van der Waals surface area (Å²) in [5.41, 5.74) is 2.88. The summed E-state index contributed by atoms with van der Waals surface area (Å²) in [6.45, 7) is 0.164. The van der Waals surface area contributed by atoms with Crippen LogP contribution in [0.15, 0.2) is 71.3 Å². The number of carbonyl (C=O) groups is 2. The average molecular weight is 418 g/mol. The van der Waals surface area contributed by atoms with E-state index in [1.807, 2.05) is 42.5 Å². The van der Waals surface area contributed by atoms with Crippen LogP contribution in [0.1, 0.15) is 70.1 Å². The minimum Gasteiger partial charge on any atom is -0.467 e. The van der Waals surface area contributed by atoms with E-state index in [1.165, 1.54) is 37.7 Å². The van der Waals surface area contributed by atoms with Crippen molar-refractivity contribution in [1.82, 2.24) is 0 Å². The predicted octanol–water partition coefficient (Wildman–Crippen LogP) is 5.98. The number of ether oxygens (including phenoxy) is 1. The molecule has 1 aliphatic rings. The Kier molecular flexibility index (Phi) is 6.82. The number of para-hydroxylation sites is 1. The van der Waals surface area contributed by atoms with Crippen LogP contribution in [0.2, 0.25) is 0 Å². The van der Waals surface area contributed by atoms with Crippen molar-refractivity contribution >= 4 is 17.4 Å². The highest BCUT2D eigenvalue weighted by atomic mass is 16.5. The third-order valence-electron chi connectivity index (χ3n) is 5.82. The number of hydrogen-bond acceptors (Lipinski definition) is 5. The van der Waals surface area contributed by atoms with Crippen molar-refractivity contribution in [3.63, 3.8) is 0 Å². The van der Waals surface area contributed by atoms with E-state index < -0.39 is 5.97 Å². The molecule has 0 bridgehead atoms. The summed E-state index contributed by atoms with van der Waals surface area (Å²) in [7, 11) is 0. The molecule has 0 unspecified atom stereocenters. The number of anilines is 1. The van der Waals surface area contributed by atoms with E-state index in [0.29, 0.717) is 29.3 Å². The first-order valence-electron chi connectivity index (χ1n) is 10.9. The van der Waals surface area contributed by atoms with Crippen molar-refractivity contribution in [2.75, 3.05) is 11.9 Å². The van der Waals surface area contributed by atoms with Gasteiger partial charge in [0.25, 0.3) is 0 Å². The number of hydrogen-bond donors (Lipinski definition) is 1. The fourth-order valence-corrected chi connectivity index (χ4v) is 4.08. The lowest BCUT2D eigenvalue weighted by atomic mass is 9.84. The third-order valence-corrected chi connectivity index (χ3v) is 5.82. The second-order valence-electron chi connectivity index (χ2n) is 7.93. The summed E-state index contributed by atoms with van der Waals surface area (Å²) >= 11 is 0. The second kappa shape index (κ2) is 10.1. The van der Waals surface area contributed by atoms with Crippen LogP contribution in [0.5, 0.6) is 0 Å². The van der Waals surface area contributed by atoms with Crippen molar-refractivity contribution in [2.24, 2.45) is 0 Å². The lowest BCUT2D eigenvalue weighted by molar-refractivity contribution is 0.0475. The van der Waals surface area contributed by atoms with Gasteiger partial charge in [-0.2, -0.15) is 0 Å². The van der Waals surface area contributed by atoms with Crippen LogP contribution < -0.4 is 5.32 Å². The van der Waals surface area contributed by atoms with Crippen molar-refractivity contribution in [3.05, 3.63) is 89.4 Å². The molecule has 1 saturated carbocycles. The van der Waals surface area contributed by atoms with Crippen LogP contribution in [0.4, 0.5) is 5.69 Å². The molecule has 0 radical (unpaired) electrons. The molecule has 1 heterocycles. The summed E-state index contributed by atoms with van der Waals surface area (Å²) in [6.07, 6.45) is 7.92. The first-order chi connectivity index (χ1) is 15.2. The SMILES string of the molecule is O=C(COC(=O)c1ccccc1NCc1ccco1)c1ccc(C2CCCCC2)cc1. The molecule has 1 aliphatic carbocycles. The van der Waals surface area contributed by atoms with Gasteiger partial charge < -0.3 is 14.5 Å². The Morgan fingerprint density at radius 1 is 0.935 bits per heavy atom. The van der Waals surface area contributed by atoms with Crippen LogP contribution in [0.25, 0.3) is 0 Å². The average Bonchev–Trinajstić information content (AvgIpc) is 3.35.